The number of fused-ring (bicyclic) bond motifs is 1. The fourth-order valence-electron chi connectivity index (χ4n) is 2.86. The molecule has 0 saturated heterocycles. The van der Waals surface area contributed by atoms with Crippen molar-refractivity contribution < 1.29 is 9.90 Å². The summed E-state index contributed by atoms with van der Waals surface area (Å²) in [6.07, 6.45) is 0.932. The van der Waals surface area contributed by atoms with Gasteiger partial charge in [0.25, 0.3) is 0 Å². The van der Waals surface area contributed by atoms with Crippen LogP contribution >= 0.6 is 15.9 Å². The highest BCUT2D eigenvalue weighted by atomic mass is 79.9. The molecule has 4 heteroatoms. The summed E-state index contributed by atoms with van der Waals surface area (Å²) in [6, 6.07) is 13.9. The first-order valence-corrected chi connectivity index (χ1v) is 7.28. The first-order valence-electron chi connectivity index (χ1n) is 6.48. The van der Waals surface area contributed by atoms with Crippen molar-refractivity contribution in [3.8, 4) is 0 Å². The number of para-hydroxylation sites is 1. The number of carboxylic acid groups (broad SMARTS) is 1. The molecule has 0 amide bonds. The van der Waals surface area contributed by atoms with Gasteiger partial charge in [-0.1, -0.05) is 24.3 Å². The number of carbonyl (C=O) groups is 1. The number of halogens is 1. The lowest BCUT2D eigenvalue weighted by Crippen LogP contribution is -2.25. The van der Waals surface area contributed by atoms with E-state index in [1.807, 2.05) is 30.3 Å². The second-order valence-corrected chi connectivity index (χ2v) is 5.85. The minimum Gasteiger partial charge on any atom is -0.478 e. The Morgan fingerprint density at radius 3 is 2.65 bits per heavy atom. The summed E-state index contributed by atoms with van der Waals surface area (Å²) < 4.78 is 0.610. The Hall–Kier alpha value is -1.81. The first-order chi connectivity index (χ1) is 9.59. The van der Waals surface area contributed by atoms with Crippen LogP contribution in [0.1, 0.15) is 22.8 Å². The van der Waals surface area contributed by atoms with Crippen molar-refractivity contribution in [2.24, 2.45) is 0 Å². The van der Waals surface area contributed by atoms with Gasteiger partial charge in [0.05, 0.1) is 11.3 Å². The van der Waals surface area contributed by atoms with Gasteiger partial charge in [0.2, 0.25) is 0 Å². The molecule has 0 radical (unpaired) electrons. The quantitative estimate of drug-likeness (QED) is 0.895. The fourth-order valence-corrected chi connectivity index (χ4v) is 3.38. The lowest BCUT2D eigenvalue weighted by Gasteiger charge is -2.27. The van der Waals surface area contributed by atoms with E-state index < -0.39 is 5.97 Å². The summed E-state index contributed by atoms with van der Waals surface area (Å²) in [6.45, 7) is 2.12. The van der Waals surface area contributed by atoms with E-state index >= 15 is 0 Å². The lowest BCUT2D eigenvalue weighted by atomic mass is 10.1. The van der Waals surface area contributed by atoms with Gasteiger partial charge in [-0.3, -0.25) is 0 Å². The average molecular weight is 332 g/mol. The number of rotatable bonds is 2. The SMILES string of the molecule is CC1Cc2ccccc2N1c1cccc(Br)c1C(=O)O. The van der Waals surface area contributed by atoms with Gasteiger partial charge in [-0.25, -0.2) is 4.79 Å². The molecular formula is C16H14BrNO2. The minimum atomic E-state index is -0.913. The van der Waals surface area contributed by atoms with Crippen molar-refractivity contribution in [1.29, 1.82) is 0 Å². The normalized spacial score (nSPS) is 17.1. The third-order valence-corrected chi connectivity index (χ3v) is 4.33. The maximum Gasteiger partial charge on any atom is 0.338 e. The molecule has 2 aromatic carbocycles. The van der Waals surface area contributed by atoms with Gasteiger partial charge in [0, 0.05) is 16.2 Å². The van der Waals surface area contributed by atoms with Crippen LogP contribution in [0, 0.1) is 0 Å². The van der Waals surface area contributed by atoms with Crippen molar-refractivity contribution >= 4 is 33.3 Å². The van der Waals surface area contributed by atoms with Crippen molar-refractivity contribution in [2.45, 2.75) is 19.4 Å². The third kappa shape index (κ3) is 2.00. The van der Waals surface area contributed by atoms with Gasteiger partial charge in [-0.05, 0) is 53.0 Å². The molecule has 1 N–H and O–H groups in total. The standard InChI is InChI=1S/C16H14BrNO2/c1-10-9-11-5-2-3-7-13(11)18(10)14-8-4-6-12(17)15(14)16(19)20/h2-8,10H,9H2,1H3,(H,19,20). The minimum absolute atomic E-state index is 0.250. The van der Waals surface area contributed by atoms with Crippen molar-refractivity contribution in [2.75, 3.05) is 4.90 Å². The maximum atomic E-state index is 11.6. The van der Waals surface area contributed by atoms with Crippen molar-refractivity contribution in [3.05, 3.63) is 58.1 Å². The largest absolute Gasteiger partial charge is 0.478 e. The Morgan fingerprint density at radius 1 is 1.20 bits per heavy atom. The summed E-state index contributed by atoms with van der Waals surface area (Å²) in [5.41, 5.74) is 3.41. The molecule has 20 heavy (non-hydrogen) atoms. The van der Waals surface area contributed by atoms with Crippen LogP contribution in [0.4, 0.5) is 11.4 Å². The predicted octanol–water partition coefficient (Wildman–Crippen LogP) is 4.23. The van der Waals surface area contributed by atoms with Gasteiger partial charge in [-0.2, -0.15) is 0 Å². The van der Waals surface area contributed by atoms with Crippen LogP contribution in [0.15, 0.2) is 46.9 Å². The van der Waals surface area contributed by atoms with Crippen LogP contribution < -0.4 is 4.90 Å². The molecule has 3 rings (SSSR count). The third-order valence-electron chi connectivity index (χ3n) is 3.67. The van der Waals surface area contributed by atoms with Gasteiger partial charge in [0.15, 0.2) is 0 Å². The van der Waals surface area contributed by atoms with E-state index in [0.717, 1.165) is 17.8 Å². The van der Waals surface area contributed by atoms with E-state index in [2.05, 4.69) is 33.8 Å². The Labute approximate surface area is 126 Å². The van der Waals surface area contributed by atoms with E-state index in [0.29, 0.717) is 10.0 Å². The fraction of sp³-hybridized carbons (Fsp3) is 0.188. The molecule has 0 bridgehead atoms. The topological polar surface area (TPSA) is 40.5 Å². The number of carboxylic acids is 1. The Bertz CT molecular complexity index is 684. The highest BCUT2D eigenvalue weighted by molar-refractivity contribution is 9.10. The van der Waals surface area contributed by atoms with E-state index in [-0.39, 0.29) is 6.04 Å². The number of nitrogens with zero attached hydrogens (tertiary/aromatic N) is 1. The number of anilines is 2. The van der Waals surface area contributed by atoms with Crippen molar-refractivity contribution in [1.82, 2.24) is 0 Å². The van der Waals surface area contributed by atoms with Gasteiger partial charge < -0.3 is 10.0 Å². The van der Waals surface area contributed by atoms with E-state index in [9.17, 15) is 9.90 Å². The van der Waals surface area contributed by atoms with E-state index in [1.54, 1.807) is 6.07 Å². The molecular weight excluding hydrogens is 318 g/mol. The van der Waals surface area contributed by atoms with Crippen LogP contribution in [0.2, 0.25) is 0 Å². The Morgan fingerprint density at radius 2 is 1.90 bits per heavy atom. The van der Waals surface area contributed by atoms with Crippen LogP contribution in [0.3, 0.4) is 0 Å². The maximum absolute atomic E-state index is 11.6. The predicted molar refractivity (Wildman–Crippen MR) is 82.8 cm³/mol. The molecule has 1 heterocycles. The highest BCUT2D eigenvalue weighted by Crippen LogP contribution is 2.41. The molecule has 102 valence electrons. The Balaban J connectivity index is 2.20. The summed E-state index contributed by atoms with van der Waals surface area (Å²) in [4.78, 5) is 13.7. The van der Waals surface area contributed by atoms with E-state index in [4.69, 9.17) is 0 Å². The zero-order valence-corrected chi connectivity index (χ0v) is 12.6. The van der Waals surface area contributed by atoms with Crippen LogP contribution in [-0.2, 0) is 6.42 Å². The highest BCUT2D eigenvalue weighted by Gasteiger charge is 2.30. The molecule has 1 aliphatic heterocycles. The number of hydrogen-bond donors (Lipinski definition) is 1. The van der Waals surface area contributed by atoms with Gasteiger partial charge in [-0.15, -0.1) is 0 Å². The summed E-state index contributed by atoms with van der Waals surface area (Å²) >= 11 is 3.35. The van der Waals surface area contributed by atoms with Gasteiger partial charge in [0.1, 0.15) is 0 Å². The molecule has 0 spiro atoms. The summed E-state index contributed by atoms with van der Waals surface area (Å²) in [7, 11) is 0. The molecule has 0 saturated carbocycles. The average Bonchev–Trinajstić information content (AvgIpc) is 2.73. The first kappa shape index (κ1) is 13.2. The molecule has 3 nitrogen and oxygen atoms in total. The van der Waals surface area contributed by atoms with Gasteiger partial charge >= 0.3 is 5.97 Å². The molecule has 0 aliphatic carbocycles. The van der Waals surface area contributed by atoms with E-state index in [1.165, 1.54) is 5.56 Å². The van der Waals surface area contributed by atoms with Crippen LogP contribution in [0.5, 0.6) is 0 Å². The number of aromatic carboxylic acids is 1. The van der Waals surface area contributed by atoms with Crippen LogP contribution in [0.25, 0.3) is 0 Å². The monoisotopic (exact) mass is 331 g/mol. The summed E-state index contributed by atoms with van der Waals surface area (Å²) in [5.74, 6) is -0.913. The molecule has 1 unspecified atom stereocenters. The second-order valence-electron chi connectivity index (χ2n) is 4.99. The number of hydrogen-bond acceptors (Lipinski definition) is 2. The Kier molecular flexibility index (Phi) is 3.26. The molecule has 1 atom stereocenters. The molecule has 1 aliphatic rings. The number of benzene rings is 2. The smallest absolute Gasteiger partial charge is 0.338 e. The lowest BCUT2D eigenvalue weighted by molar-refractivity contribution is 0.0696. The zero-order valence-electron chi connectivity index (χ0n) is 11.0. The van der Waals surface area contributed by atoms with Crippen LogP contribution in [-0.4, -0.2) is 17.1 Å². The summed E-state index contributed by atoms with van der Waals surface area (Å²) in [5, 5.41) is 9.48. The second kappa shape index (κ2) is 4.94. The van der Waals surface area contributed by atoms with Crippen molar-refractivity contribution in [3.63, 3.8) is 0 Å². The molecule has 2 aromatic rings. The molecule has 0 fully saturated rings. The molecule has 0 aromatic heterocycles. The zero-order chi connectivity index (χ0) is 14.3.